The summed E-state index contributed by atoms with van der Waals surface area (Å²) in [6.45, 7) is 6.33. The zero-order valence-corrected chi connectivity index (χ0v) is 8.46. The smallest absolute Gasteiger partial charge is 0.0824 e. The van der Waals surface area contributed by atoms with Crippen molar-refractivity contribution in [2.24, 2.45) is 5.92 Å². The van der Waals surface area contributed by atoms with Crippen molar-refractivity contribution in [1.29, 1.82) is 0 Å². The first-order valence-electron chi connectivity index (χ1n) is 4.88. The van der Waals surface area contributed by atoms with Gasteiger partial charge in [0.25, 0.3) is 0 Å². The van der Waals surface area contributed by atoms with Crippen molar-refractivity contribution in [1.82, 2.24) is 0 Å². The minimum Gasteiger partial charge on any atom is -0.388 e. The molecule has 0 fully saturated rings. The largest absolute Gasteiger partial charge is 0.388 e. The summed E-state index contributed by atoms with van der Waals surface area (Å²) in [7, 11) is 0. The third-order valence-electron chi connectivity index (χ3n) is 3.17. The van der Waals surface area contributed by atoms with Crippen LogP contribution in [0.5, 0.6) is 0 Å². The molecule has 70 valence electrons. The van der Waals surface area contributed by atoms with Crippen molar-refractivity contribution >= 4 is 0 Å². The van der Waals surface area contributed by atoms with E-state index in [4.69, 9.17) is 0 Å². The van der Waals surface area contributed by atoms with E-state index in [1.807, 2.05) is 0 Å². The van der Waals surface area contributed by atoms with E-state index < -0.39 is 0 Å². The summed E-state index contributed by atoms with van der Waals surface area (Å²) in [5.74, 6) is 0.384. The summed E-state index contributed by atoms with van der Waals surface area (Å²) < 4.78 is 0. The lowest BCUT2D eigenvalue weighted by Crippen LogP contribution is -2.02. The molecule has 1 nitrogen and oxygen atoms in total. The minimum absolute atomic E-state index is 0.241. The predicted octanol–water partition coefficient (Wildman–Crippen LogP) is 2.53. The highest BCUT2D eigenvalue weighted by atomic mass is 16.3. The normalized spacial score (nSPS) is 26.2. The van der Waals surface area contributed by atoms with E-state index in [0.717, 1.165) is 6.42 Å². The van der Waals surface area contributed by atoms with Gasteiger partial charge in [-0.3, -0.25) is 0 Å². The highest BCUT2D eigenvalue weighted by Gasteiger charge is 2.29. The number of fused-ring (bicyclic) bond motifs is 1. The molecule has 0 spiro atoms. The minimum atomic E-state index is -0.241. The number of benzene rings is 1. The summed E-state index contributed by atoms with van der Waals surface area (Å²) in [5, 5.41) is 9.96. The van der Waals surface area contributed by atoms with Crippen LogP contribution >= 0.6 is 0 Å². The van der Waals surface area contributed by atoms with Gasteiger partial charge in [0.05, 0.1) is 6.10 Å². The van der Waals surface area contributed by atoms with E-state index in [-0.39, 0.29) is 6.10 Å². The van der Waals surface area contributed by atoms with Crippen LogP contribution < -0.4 is 0 Å². The Morgan fingerprint density at radius 2 is 1.85 bits per heavy atom. The maximum absolute atomic E-state index is 9.96. The zero-order chi connectivity index (χ0) is 9.59. The fraction of sp³-hybridized carbons (Fsp3) is 0.500. The third-order valence-corrected chi connectivity index (χ3v) is 3.17. The molecule has 1 aromatic rings. The van der Waals surface area contributed by atoms with Crippen molar-refractivity contribution < 1.29 is 5.11 Å². The van der Waals surface area contributed by atoms with Gasteiger partial charge in [0.15, 0.2) is 0 Å². The molecule has 1 aliphatic carbocycles. The Hall–Kier alpha value is -0.820. The lowest BCUT2D eigenvalue weighted by Gasteiger charge is -2.11. The van der Waals surface area contributed by atoms with Crippen molar-refractivity contribution in [2.45, 2.75) is 33.3 Å². The van der Waals surface area contributed by atoms with E-state index in [0.29, 0.717) is 5.92 Å². The maximum atomic E-state index is 9.96. The van der Waals surface area contributed by atoms with Gasteiger partial charge >= 0.3 is 0 Å². The molecular weight excluding hydrogens is 160 g/mol. The molecule has 0 heterocycles. The molecule has 0 saturated heterocycles. The monoisotopic (exact) mass is 176 g/mol. The zero-order valence-electron chi connectivity index (χ0n) is 8.46. The topological polar surface area (TPSA) is 20.2 Å². The lowest BCUT2D eigenvalue weighted by molar-refractivity contribution is 0.132. The first kappa shape index (κ1) is 8.76. The Morgan fingerprint density at radius 1 is 1.23 bits per heavy atom. The summed E-state index contributed by atoms with van der Waals surface area (Å²) in [6.07, 6.45) is 0.791. The van der Waals surface area contributed by atoms with Crippen molar-refractivity contribution in [3.8, 4) is 0 Å². The fourth-order valence-corrected chi connectivity index (χ4v) is 2.29. The molecule has 1 N–H and O–H groups in total. The molecule has 0 aromatic heterocycles. The molecule has 1 aromatic carbocycles. The summed E-state index contributed by atoms with van der Waals surface area (Å²) in [5.41, 5.74) is 5.12. The van der Waals surface area contributed by atoms with Gasteiger partial charge in [-0.1, -0.05) is 19.1 Å². The van der Waals surface area contributed by atoms with Crippen LogP contribution in [0.15, 0.2) is 12.1 Å². The summed E-state index contributed by atoms with van der Waals surface area (Å²) >= 11 is 0. The standard InChI is InChI=1S/C12H16O/c1-7-4-5-8(2)11-10(7)6-9(3)12(11)13/h4-5,9,12-13H,6H2,1-3H3. The average Bonchev–Trinajstić information content (AvgIpc) is 2.38. The van der Waals surface area contributed by atoms with Gasteiger partial charge in [0.2, 0.25) is 0 Å². The van der Waals surface area contributed by atoms with Crippen LogP contribution in [0.1, 0.15) is 35.3 Å². The first-order valence-corrected chi connectivity index (χ1v) is 4.88. The van der Waals surface area contributed by atoms with Crippen molar-refractivity contribution in [2.75, 3.05) is 0 Å². The van der Waals surface area contributed by atoms with Gasteiger partial charge in [0, 0.05) is 0 Å². The van der Waals surface area contributed by atoms with Crippen LogP contribution in [0.4, 0.5) is 0 Å². The molecule has 0 bridgehead atoms. The van der Waals surface area contributed by atoms with E-state index in [1.165, 1.54) is 22.3 Å². The number of hydrogen-bond donors (Lipinski definition) is 1. The molecule has 2 rings (SSSR count). The number of aliphatic hydroxyl groups is 1. The maximum Gasteiger partial charge on any atom is 0.0824 e. The Balaban J connectivity index is 2.61. The lowest BCUT2D eigenvalue weighted by atomic mass is 9.99. The van der Waals surface area contributed by atoms with Crippen LogP contribution in [0, 0.1) is 19.8 Å². The van der Waals surface area contributed by atoms with Gasteiger partial charge in [0.1, 0.15) is 0 Å². The number of hydrogen-bond acceptors (Lipinski definition) is 1. The molecule has 0 amide bonds. The van der Waals surface area contributed by atoms with Crippen molar-refractivity contribution in [3.05, 3.63) is 34.4 Å². The molecule has 2 unspecified atom stereocenters. The number of rotatable bonds is 0. The van der Waals surface area contributed by atoms with Gasteiger partial charge in [-0.15, -0.1) is 0 Å². The number of aryl methyl sites for hydroxylation is 2. The van der Waals surface area contributed by atoms with Gasteiger partial charge in [-0.25, -0.2) is 0 Å². The molecule has 0 aliphatic heterocycles. The number of aliphatic hydroxyl groups excluding tert-OH is 1. The Labute approximate surface area is 79.4 Å². The second-order valence-corrected chi connectivity index (χ2v) is 4.22. The van der Waals surface area contributed by atoms with Crippen LogP contribution in [0.25, 0.3) is 0 Å². The SMILES string of the molecule is Cc1ccc(C)c2c1CC(C)C2O. The van der Waals surface area contributed by atoms with Gasteiger partial charge in [-0.2, -0.15) is 0 Å². The summed E-state index contributed by atoms with van der Waals surface area (Å²) in [4.78, 5) is 0. The van der Waals surface area contributed by atoms with E-state index >= 15 is 0 Å². The van der Waals surface area contributed by atoms with E-state index in [1.54, 1.807) is 0 Å². The highest BCUT2D eigenvalue weighted by molar-refractivity contribution is 5.45. The first-order chi connectivity index (χ1) is 6.11. The molecule has 1 heteroatoms. The second-order valence-electron chi connectivity index (χ2n) is 4.22. The molecule has 13 heavy (non-hydrogen) atoms. The Morgan fingerprint density at radius 3 is 2.46 bits per heavy atom. The van der Waals surface area contributed by atoms with E-state index in [9.17, 15) is 5.11 Å². The molecule has 2 atom stereocenters. The van der Waals surface area contributed by atoms with Crippen LogP contribution in [0.3, 0.4) is 0 Å². The predicted molar refractivity (Wildman–Crippen MR) is 53.7 cm³/mol. The van der Waals surface area contributed by atoms with Crippen molar-refractivity contribution in [3.63, 3.8) is 0 Å². The Kier molecular flexibility index (Phi) is 1.92. The quantitative estimate of drug-likeness (QED) is 0.644. The molecule has 0 radical (unpaired) electrons. The third kappa shape index (κ3) is 1.19. The summed E-state index contributed by atoms with van der Waals surface area (Å²) in [6, 6.07) is 4.26. The second kappa shape index (κ2) is 2.85. The van der Waals surface area contributed by atoms with Crippen LogP contribution in [-0.2, 0) is 6.42 Å². The van der Waals surface area contributed by atoms with E-state index in [2.05, 4.69) is 32.9 Å². The van der Waals surface area contributed by atoms with Gasteiger partial charge in [-0.05, 0) is 48.4 Å². The molecular formula is C12H16O. The molecule has 0 saturated carbocycles. The van der Waals surface area contributed by atoms with Crippen LogP contribution in [0.2, 0.25) is 0 Å². The average molecular weight is 176 g/mol. The highest BCUT2D eigenvalue weighted by Crippen LogP contribution is 2.39. The van der Waals surface area contributed by atoms with Gasteiger partial charge < -0.3 is 5.11 Å². The molecule has 1 aliphatic rings. The van der Waals surface area contributed by atoms with Crippen LogP contribution in [-0.4, -0.2) is 5.11 Å². The fourth-order valence-electron chi connectivity index (χ4n) is 2.29. The Bertz CT molecular complexity index is 341.